The molecule has 20 heavy (non-hydrogen) atoms. The van der Waals surface area contributed by atoms with E-state index in [9.17, 15) is 0 Å². The second-order valence-electron chi connectivity index (χ2n) is 4.92. The second-order valence-corrected chi connectivity index (χ2v) is 6.68. The van der Waals surface area contributed by atoms with Gasteiger partial charge in [-0.15, -0.1) is 11.3 Å². The fourth-order valence-corrected chi connectivity index (χ4v) is 3.90. The summed E-state index contributed by atoms with van der Waals surface area (Å²) in [6.45, 7) is 2.11. The Labute approximate surface area is 131 Å². The summed E-state index contributed by atoms with van der Waals surface area (Å²) in [7, 11) is 2.02. The maximum absolute atomic E-state index is 3.63. The first kappa shape index (κ1) is 13.8. The predicted octanol–water partition coefficient (Wildman–Crippen LogP) is 5.28. The molecule has 0 aliphatic rings. The van der Waals surface area contributed by atoms with Crippen LogP contribution in [0, 0.1) is 6.92 Å². The minimum atomic E-state index is 0.225. The van der Waals surface area contributed by atoms with Crippen molar-refractivity contribution in [2.75, 3.05) is 7.05 Å². The highest BCUT2D eigenvalue weighted by Gasteiger charge is 2.16. The van der Waals surface area contributed by atoms with Gasteiger partial charge in [0, 0.05) is 9.17 Å². The predicted molar refractivity (Wildman–Crippen MR) is 91.6 cm³/mol. The summed E-state index contributed by atoms with van der Waals surface area (Å²) >= 11 is 5.44. The lowest BCUT2D eigenvalue weighted by Gasteiger charge is -2.17. The zero-order valence-corrected chi connectivity index (χ0v) is 13.9. The Morgan fingerprint density at radius 3 is 2.70 bits per heavy atom. The Morgan fingerprint density at radius 2 is 1.95 bits per heavy atom. The van der Waals surface area contributed by atoms with E-state index in [1.54, 1.807) is 0 Å². The van der Waals surface area contributed by atoms with Gasteiger partial charge in [-0.05, 0) is 53.6 Å². The highest BCUT2D eigenvalue weighted by Crippen LogP contribution is 2.34. The van der Waals surface area contributed by atoms with Gasteiger partial charge in [-0.3, -0.25) is 0 Å². The van der Waals surface area contributed by atoms with Crippen molar-refractivity contribution < 1.29 is 0 Å². The summed E-state index contributed by atoms with van der Waals surface area (Å²) in [5.41, 5.74) is 3.90. The van der Waals surface area contributed by atoms with Crippen molar-refractivity contribution in [3.05, 3.63) is 69.0 Å². The van der Waals surface area contributed by atoms with Crippen molar-refractivity contribution in [2.24, 2.45) is 0 Å². The quantitative estimate of drug-likeness (QED) is 0.680. The van der Waals surface area contributed by atoms with E-state index in [-0.39, 0.29) is 6.04 Å². The number of hydrogen-bond acceptors (Lipinski definition) is 2. The molecule has 0 bridgehead atoms. The van der Waals surface area contributed by atoms with Crippen LogP contribution in [0.1, 0.15) is 22.7 Å². The van der Waals surface area contributed by atoms with Crippen molar-refractivity contribution in [3.63, 3.8) is 0 Å². The van der Waals surface area contributed by atoms with Gasteiger partial charge < -0.3 is 5.32 Å². The first-order valence-corrected chi connectivity index (χ1v) is 8.27. The third-order valence-corrected chi connectivity index (χ3v) is 5.48. The molecule has 0 radical (unpaired) electrons. The molecule has 3 heteroatoms. The van der Waals surface area contributed by atoms with Gasteiger partial charge in [0.1, 0.15) is 0 Å². The molecular formula is C17H16BrNS. The van der Waals surface area contributed by atoms with E-state index in [0.29, 0.717) is 0 Å². The molecule has 0 spiro atoms. The molecule has 3 rings (SSSR count). The van der Waals surface area contributed by atoms with Crippen LogP contribution < -0.4 is 5.32 Å². The Hall–Kier alpha value is -1.16. The zero-order chi connectivity index (χ0) is 14.1. The van der Waals surface area contributed by atoms with Crippen molar-refractivity contribution >= 4 is 37.4 Å². The van der Waals surface area contributed by atoms with Gasteiger partial charge in [0.05, 0.1) is 6.04 Å². The number of fused-ring (bicyclic) bond motifs is 1. The van der Waals surface area contributed by atoms with Crippen LogP contribution >= 0.6 is 27.3 Å². The molecule has 1 nitrogen and oxygen atoms in total. The number of rotatable bonds is 3. The van der Waals surface area contributed by atoms with Gasteiger partial charge in [0.15, 0.2) is 0 Å². The van der Waals surface area contributed by atoms with E-state index in [1.807, 2.05) is 18.4 Å². The van der Waals surface area contributed by atoms with E-state index >= 15 is 0 Å². The van der Waals surface area contributed by atoms with Gasteiger partial charge in [0.25, 0.3) is 0 Å². The van der Waals surface area contributed by atoms with E-state index in [4.69, 9.17) is 0 Å². The maximum Gasteiger partial charge on any atom is 0.0589 e. The topological polar surface area (TPSA) is 12.0 Å². The Kier molecular flexibility index (Phi) is 3.92. The smallest absolute Gasteiger partial charge is 0.0589 e. The van der Waals surface area contributed by atoms with Crippen LogP contribution in [0.25, 0.3) is 10.1 Å². The van der Waals surface area contributed by atoms with E-state index in [2.05, 4.69) is 76.0 Å². The minimum Gasteiger partial charge on any atom is -0.309 e. The highest BCUT2D eigenvalue weighted by molar-refractivity contribution is 9.10. The van der Waals surface area contributed by atoms with E-state index in [0.717, 1.165) is 4.47 Å². The lowest BCUT2D eigenvalue weighted by atomic mass is 9.97. The molecule has 0 aliphatic heterocycles. The summed E-state index contributed by atoms with van der Waals surface area (Å²) in [6, 6.07) is 15.4. The molecule has 0 amide bonds. The molecule has 2 aromatic carbocycles. The Balaban J connectivity index is 2.11. The lowest BCUT2D eigenvalue weighted by Crippen LogP contribution is -2.17. The molecule has 1 N–H and O–H groups in total. The second kappa shape index (κ2) is 5.68. The molecule has 0 fully saturated rings. The first-order chi connectivity index (χ1) is 9.70. The largest absolute Gasteiger partial charge is 0.309 e. The standard InChI is InChI=1S/C17H16BrNS/c1-11-7-8-12(9-15(11)18)17(19-2)14-10-20-16-6-4-3-5-13(14)16/h3-10,17,19H,1-2H3. The molecule has 0 saturated carbocycles. The first-order valence-electron chi connectivity index (χ1n) is 6.60. The van der Waals surface area contributed by atoms with Crippen molar-refractivity contribution in [1.29, 1.82) is 0 Å². The van der Waals surface area contributed by atoms with E-state index < -0.39 is 0 Å². The Bertz CT molecular complexity index is 748. The van der Waals surface area contributed by atoms with Gasteiger partial charge in [-0.2, -0.15) is 0 Å². The van der Waals surface area contributed by atoms with E-state index in [1.165, 1.54) is 26.8 Å². The molecule has 102 valence electrons. The summed E-state index contributed by atoms with van der Waals surface area (Å²) in [5.74, 6) is 0. The fourth-order valence-electron chi connectivity index (χ4n) is 2.51. The molecule has 0 aliphatic carbocycles. The maximum atomic E-state index is 3.63. The highest BCUT2D eigenvalue weighted by atomic mass is 79.9. The molecule has 3 aromatic rings. The molecule has 1 aromatic heterocycles. The summed E-state index contributed by atoms with van der Waals surface area (Å²) in [6.07, 6.45) is 0. The zero-order valence-electron chi connectivity index (χ0n) is 11.5. The van der Waals surface area contributed by atoms with Gasteiger partial charge in [-0.25, -0.2) is 0 Å². The number of aryl methyl sites for hydroxylation is 1. The molecule has 1 heterocycles. The minimum absolute atomic E-state index is 0.225. The fraction of sp³-hybridized carbons (Fsp3) is 0.176. The van der Waals surface area contributed by atoms with Crippen molar-refractivity contribution in [2.45, 2.75) is 13.0 Å². The average Bonchev–Trinajstić information content (AvgIpc) is 2.88. The summed E-state index contributed by atoms with van der Waals surface area (Å²) < 4.78 is 2.50. The van der Waals surface area contributed by atoms with Crippen LogP contribution in [-0.4, -0.2) is 7.05 Å². The summed E-state index contributed by atoms with van der Waals surface area (Å²) in [5, 5.41) is 7.05. The average molecular weight is 346 g/mol. The molecule has 1 unspecified atom stereocenters. The van der Waals surface area contributed by atoms with Crippen LogP contribution in [-0.2, 0) is 0 Å². The SMILES string of the molecule is CNC(c1ccc(C)c(Br)c1)c1csc2ccccc12. The monoisotopic (exact) mass is 345 g/mol. The van der Waals surface area contributed by atoms with Crippen LogP contribution in [0.5, 0.6) is 0 Å². The third kappa shape index (κ3) is 2.41. The summed E-state index contributed by atoms with van der Waals surface area (Å²) in [4.78, 5) is 0. The normalized spacial score (nSPS) is 12.8. The van der Waals surface area contributed by atoms with Crippen LogP contribution in [0.15, 0.2) is 52.3 Å². The molecular weight excluding hydrogens is 330 g/mol. The third-order valence-electron chi connectivity index (χ3n) is 3.64. The number of halogens is 1. The van der Waals surface area contributed by atoms with Crippen LogP contribution in [0.4, 0.5) is 0 Å². The number of benzene rings is 2. The van der Waals surface area contributed by atoms with Crippen LogP contribution in [0.2, 0.25) is 0 Å². The van der Waals surface area contributed by atoms with Gasteiger partial charge in [0.2, 0.25) is 0 Å². The molecule has 0 saturated heterocycles. The number of nitrogens with one attached hydrogen (secondary N) is 1. The Morgan fingerprint density at radius 1 is 1.15 bits per heavy atom. The van der Waals surface area contributed by atoms with Crippen molar-refractivity contribution in [3.8, 4) is 0 Å². The molecule has 1 atom stereocenters. The lowest BCUT2D eigenvalue weighted by molar-refractivity contribution is 0.698. The number of thiophene rings is 1. The van der Waals surface area contributed by atoms with Crippen molar-refractivity contribution in [1.82, 2.24) is 5.32 Å². The van der Waals surface area contributed by atoms with Crippen LogP contribution in [0.3, 0.4) is 0 Å². The number of hydrogen-bond donors (Lipinski definition) is 1. The van der Waals surface area contributed by atoms with Gasteiger partial charge >= 0.3 is 0 Å². The van der Waals surface area contributed by atoms with Gasteiger partial charge in [-0.1, -0.05) is 46.3 Å².